The average Bonchev–Trinajstić information content (AvgIpc) is 3.17. The van der Waals surface area contributed by atoms with E-state index in [1.165, 1.54) is 23.5 Å². The van der Waals surface area contributed by atoms with Crippen molar-refractivity contribution in [2.75, 3.05) is 0 Å². The van der Waals surface area contributed by atoms with E-state index in [0.29, 0.717) is 23.8 Å². The number of carbonyl (C=O) groups excluding carboxylic acids is 1. The number of benzene rings is 1. The highest BCUT2D eigenvalue weighted by Crippen LogP contribution is 2.18. The second kappa shape index (κ2) is 6.48. The molecule has 22 heavy (non-hydrogen) atoms. The van der Waals surface area contributed by atoms with E-state index in [-0.39, 0.29) is 18.3 Å². The summed E-state index contributed by atoms with van der Waals surface area (Å²) < 4.78 is 18.3. The van der Waals surface area contributed by atoms with E-state index in [1.54, 1.807) is 12.1 Å². The summed E-state index contributed by atoms with van der Waals surface area (Å²) in [5, 5.41) is 12.4. The van der Waals surface area contributed by atoms with Gasteiger partial charge in [0.2, 0.25) is 17.7 Å². The molecule has 0 bridgehead atoms. The minimum Gasteiger partial charge on any atom is -0.419 e. The summed E-state index contributed by atoms with van der Waals surface area (Å²) in [6.07, 6.45) is 0.330. The Labute approximate surface area is 129 Å². The van der Waals surface area contributed by atoms with Crippen LogP contribution in [0.2, 0.25) is 0 Å². The predicted octanol–water partition coefficient (Wildman–Crippen LogP) is 2.80. The molecule has 0 aliphatic rings. The molecule has 0 saturated carbocycles. The van der Waals surface area contributed by atoms with E-state index in [2.05, 4.69) is 15.5 Å². The molecule has 0 unspecified atom stereocenters. The zero-order valence-corrected chi connectivity index (χ0v) is 12.3. The largest absolute Gasteiger partial charge is 0.419 e. The molecule has 2 heterocycles. The molecule has 0 saturated heterocycles. The molecular weight excluding hydrogens is 305 g/mol. The predicted molar refractivity (Wildman–Crippen MR) is 79.6 cm³/mol. The smallest absolute Gasteiger partial charge is 0.247 e. The summed E-state index contributed by atoms with van der Waals surface area (Å²) in [5.41, 5.74) is 0.630. The van der Waals surface area contributed by atoms with Gasteiger partial charge in [0.1, 0.15) is 5.82 Å². The van der Waals surface area contributed by atoms with Gasteiger partial charge in [-0.2, -0.15) is 0 Å². The SMILES string of the molecule is O=C(Cc1cccs1)NCc1nnc(-c2ccc(F)cc2)o1. The highest BCUT2D eigenvalue weighted by Gasteiger charge is 2.10. The second-order valence-electron chi connectivity index (χ2n) is 4.54. The van der Waals surface area contributed by atoms with E-state index in [4.69, 9.17) is 4.42 Å². The third-order valence-corrected chi connectivity index (χ3v) is 3.79. The molecule has 1 amide bonds. The van der Waals surface area contributed by atoms with Crippen molar-refractivity contribution in [3.63, 3.8) is 0 Å². The molecular formula is C15H12FN3O2S. The first-order valence-electron chi connectivity index (χ1n) is 6.58. The third-order valence-electron chi connectivity index (χ3n) is 2.91. The van der Waals surface area contributed by atoms with Gasteiger partial charge in [0.15, 0.2) is 0 Å². The molecule has 0 aliphatic carbocycles. The van der Waals surface area contributed by atoms with Crippen LogP contribution in [0.3, 0.4) is 0 Å². The van der Waals surface area contributed by atoms with E-state index in [9.17, 15) is 9.18 Å². The van der Waals surface area contributed by atoms with Crippen LogP contribution in [0.5, 0.6) is 0 Å². The molecule has 3 rings (SSSR count). The quantitative estimate of drug-likeness (QED) is 0.785. The van der Waals surface area contributed by atoms with Gasteiger partial charge in [-0.05, 0) is 35.7 Å². The van der Waals surface area contributed by atoms with Crippen molar-refractivity contribution < 1.29 is 13.6 Å². The molecule has 7 heteroatoms. The van der Waals surface area contributed by atoms with Crippen molar-refractivity contribution in [3.05, 3.63) is 58.4 Å². The summed E-state index contributed by atoms with van der Waals surface area (Å²) in [4.78, 5) is 12.8. The molecule has 0 spiro atoms. The number of hydrogen-bond acceptors (Lipinski definition) is 5. The third kappa shape index (κ3) is 3.56. The maximum Gasteiger partial charge on any atom is 0.247 e. The van der Waals surface area contributed by atoms with Gasteiger partial charge in [0.05, 0.1) is 13.0 Å². The van der Waals surface area contributed by atoms with Crippen molar-refractivity contribution in [2.24, 2.45) is 0 Å². The van der Waals surface area contributed by atoms with Crippen LogP contribution in [-0.2, 0) is 17.8 Å². The number of rotatable bonds is 5. The summed E-state index contributed by atoms with van der Waals surface area (Å²) in [6, 6.07) is 9.57. The summed E-state index contributed by atoms with van der Waals surface area (Å²) in [5.74, 6) is 0.162. The van der Waals surface area contributed by atoms with Crippen LogP contribution in [-0.4, -0.2) is 16.1 Å². The fourth-order valence-corrected chi connectivity index (χ4v) is 2.55. The number of halogens is 1. The fourth-order valence-electron chi connectivity index (χ4n) is 1.84. The van der Waals surface area contributed by atoms with Crippen molar-refractivity contribution >= 4 is 17.2 Å². The Bertz CT molecular complexity index is 753. The van der Waals surface area contributed by atoms with E-state index in [1.807, 2.05) is 17.5 Å². The molecule has 3 aromatic rings. The zero-order valence-electron chi connectivity index (χ0n) is 11.5. The van der Waals surface area contributed by atoms with Crippen LogP contribution in [0.4, 0.5) is 4.39 Å². The molecule has 2 aromatic heterocycles. The molecule has 0 aliphatic heterocycles. The Balaban J connectivity index is 1.57. The van der Waals surface area contributed by atoms with Crippen molar-refractivity contribution in [3.8, 4) is 11.5 Å². The van der Waals surface area contributed by atoms with Gasteiger partial charge in [-0.25, -0.2) is 4.39 Å². The molecule has 1 aromatic carbocycles. The normalized spacial score (nSPS) is 10.6. The number of aromatic nitrogens is 2. The number of amides is 1. The Morgan fingerprint density at radius 1 is 1.23 bits per heavy atom. The van der Waals surface area contributed by atoms with Gasteiger partial charge in [0, 0.05) is 10.4 Å². The Morgan fingerprint density at radius 2 is 2.05 bits per heavy atom. The van der Waals surface area contributed by atoms with Crippen LogP contribution >= 0.6 is 11.3 Å². The lowest BCUT2D eigenvalue weighted by atomic mass is 10.2. The van der Waals surface area contributed by atoms with Gasteiger partial charge in [0.25, 0.3) is 0 Å². The lowest BCUT2D eigenvalue weighted by molar-refractivity contribution is -0.120. The first-order chi connectivity index (χ1) is 10.7. The Morgan fingerprint density at radius 3 is 2.77 bits per heavy atom. The van der Waals surface area contributed by atoms with Crippen molar-refractivity contribution in [1.82, 2.24) is 15.5 Å². The highest BCUT2D eigenvalue weighted by atomic mass is 32.1. The van der Waals surface area contributed by atoms with Gasteiger partial charge in [-0.3, -0.25) is 4.79 Å². The van der Waals surface area contributed by atoms with Crippen LogP contribution in [0.25, 0.3) is 11.5 Å². The van der Waals surface area contributed by atoms with E-state index in [0.717, 1.165) is 4.88 Å². The average molecular weight is 317 g/mol. The Hall–Kier alpha value is -2.54. The van der Waals surface area contributed by atoms with Crippen LogP contribution in [0, 0.1) is 5.82 Å². The summed E-state index contributed by atoms with van der Waals surface area (Å²) >= 11 is 1.53. The maximum absolute atomic E-state index is 12.9. The molecule has 0 atom stereocenters. The molecule has 0 radical (unpaired) electrons. The summed E-state index contributed by atoms with van der Waals surface area (Å²) in [7, 11) is 0. The van der Waals surface area contributed by atoms with Crippen LogP contribution in [0.15, 0.2) is 46.2 Å². The molecule has 112 valence electrons. The lowest BCUT2D eigenvalue weighted by Crippen LogP contribution is -2.24. The van der Waals surface area contributed by atoms with Crippen LogP contribution in [0.1, 0.15) is 10.8 Å². The fraction of sp³-hybridized carbons (Fsp3) is 0.133. The van der Waals surface area contributed by atoms with E-state index >= 15 is 0 Å². The molecule has 0 fully saturated rings. The first kappa shape index (κ1) is 14.4. The van der Waals surface area contributed by atoms with E-state index < -0.39 is 0 Å². The molecule has 5 nitrogen and oxygen atoms in total. The number of thiophene rings is 1. The summed E-state index contributed by atoms with van der Waals surface area (Å²) in [6.45, 7) is 0.165. The number of nitrogens with zero attached hydrogens (tertiary/aromatic N) is 2. The van der Waals surface area contributed by atoms with Gasteiger partial charge < -0.3 is 9.73 Å². The number of carbonyl (C=O) groups is 1. The van der Waals surface area contributed by atoms with Gasteiger partial charge >= 0.3 is 0 Å². The minimum absolute atomic E-state index is 0.107. The van der Waals surface area contributed by atoms with Crippen molar-refractivity contribution in [1.29, 1.82) is 0 Å². The first-order valence-corrected chi connectivity index (χ1v) is 7.46. The van der Waals surface area contributed by atoms with Crippen LogP contribution < -0.4 is 5.32 Å². The maximum atomic E-state index is 12.9. The monoisotopic (exact) mass is 317 g/mol. The topological polar surface area (TPSA) is 68.0 Å². The minimum atomic E-state index is -0.329. The number of hydrogen-bond donors (Lipinski definition) is 1. The highest BCUT2D eigenvalue weighted by molar-refractivity contribution is 7.10. The molecule has 1 N–H and O–H groups in total. The lowest BCUT2D eigenvalue weighted by Gasteiger charge is -2.00. The standard InChI is InChI=1S/C15H12FN3O2S/c16-11-5-3-10(4-6-11)15-19-18-14(21-15)9-17-13(20)8-12-2-1-7-22-12/h1-7H,8-9H2,(H,17,20). The zero-order chi connectivity index (χ0) is 15.4. The van der Waals surface area contributed by atoms with Crippen molar-refractivity contribution in [2.45, 2.75) is 13.0 Å². The Kier molecular flexibility index (Phi) is 4.24. The number of nitrogens with one attached hydrogen (secondary N) is 1. The van der Waals surface area contributed by atoms with Gasteiger partial charge in [-0.1, -0.05) is 6.07 Å². The van der Waals surface area contributed by atoms with Gasteiger partial charge in [-0.15, -0.1) is 21.5 Å². The second-order valence-corrected chi connectivity index (χ2v) is 5.57.